The average Bonchev–Trinajstić information content (AvgIpc) is 2.46. The van der Waals surface area contributed by atoms with E-state index in [1.54, 1.807) is 6.92 Å². The second-order valence-corrected chi connectivity index (χ2v) is 5.20. The van der Waals surface area contributed by atoms with E-state index in [1.165, 1.54) is 12.1 Å². The summed E-state index contributed by atoms with van der Waals surface area (Å²) >= 11 is 0. The Balaban J connectivity index is 2.29. The number of nitrogens with zero attached hydrogens (tertiary/aromatic N) is 3. The third-order valence-corrected chi connectivity index (χ3v) is 2.75. The van der Waals surface area contributed by atoms with E-state index in [1.807, 2.05) is 13.8 Å². The van der Waals surface area contributed by atoms with Crippen LogP contribution < -0.4 is 15.4 Å². The fourth-order valence-electron chi connectivity index (χ4n) is 1.83. The summed E-state index contributed by atoms with van der Waals surface area (Å²) in [6.45, 7) is 5.95. The van der Waals surface area contributed by atoms with Gasteiger partial charge in [-0.15, -0.1) is 0 Å². The van der Waals surface area contributed by atoms with Crippen LogP contribution in [0.1, 0.15) is 26.3 Å². The summed E-state index contributed by atoms with van der Waals surface area (Å²) in [6, 6.07) is 4.95. The summed E-state index contributed by atoms with van der Waals surface area (Å²) in [5.41, 5.74) is -0.541. The molecule has 2 rings (SSSR count). The quantitative estimate of drug-likeness (QED) is 0.831. The maximum atomic E-state index is 12.8. The molecule has 0 aliphatic rings. The Hall–Kier alpha value is -2.58. The number of ether oxygens (including phenoxy) is 1. The molecule has 130 valence electrons. The molecule has 9 heteroatoms. The second-order valence-electron chi connectivity index (χ2n) is 5.20. The lowest BCUT2D eigenvalue weighted by Crippen LogP contribution is -2.15. The van der Waals surface area contributed by atoms with Gasteiger partial charge in [-0.25, -0.2) is 0 Å². The highest BCUT2D eigenvalue weighted by Gasteiger charge is 2.30. The molecule has 0 fully saturated rings. The minimum atomic E-state index is -4.42. The van der Waals surface area contributed by atoms with Gasteiger partial charge < -0.3 is 15.4 Å². The molecule has 0 bridgehead atoms. The molecule has 2 aromatic rings. The lowest BCUT2D eigenvalue weighted by Gasteiger charge is -2.13. The molecule has 0 saturated carbocycles. The highest BCUT2D eigenvalue weighted by atomic mass is 19.4. The number of halogens is 3. The van der Waals surface area contributed by atoms with Crippen molar-refractivity contribution in [1.82, 2.24) is 15.0 Å². The molecule has 0 radical (unpaired) electrons. The molecule has 0 unspecified atom stereocenters. The highest BCUT2D eigenvalue weighted by Crippen LogP contribution is 2.31. The summed E-state index contributed by atoms with van der Waals surface area (Å²) in [5, 5.41) is 5.75. The Morgan fingerprint density at radius 1 is 1.12 bits per heavy atom. The normalized spacial score (nSPS) is 11.5. The first kappa shape index (κ1) is 17.8. The van der Waals surface area contributed by atoms with Crippen LogP contribution >= 0.6 is 0 Å². The van der Waals surface area contributed by atoms with Gasteiger partial charge in [-0.3, -0.25) is 0 Å². The number of nitrogens with one attached hydrogen (secondary N) is 2. The van der Waals surface area contributed by atoms with E-state index in [9.17, 15) is 13.2 Å². The van der Waals surface area contributed by atoms with Crippen molar-refractivity contribution in [3.8, 4) is 6.01 Å². The Morgan fingerprint density at radius 3 is 2.46 bits per heavy atom. The zero-order valence-electron chi connectivity index (χ0n) is 13.5. The Bertz CT molecular complexity index is 691. The summed E-state index contributed by atoms with van der Waals surface area (Å²) in [4.78, 5) is 12.3. The summed E-state index contributed by atoms with van der Waals surface area (Å²) in [7, 11) is 0. The lowest BCUT2D eigenvalue weighted by molar-refractivity contribution is -0.137. The molecule has 0 amide bonds. The number of anilines is 3. The minimum Gasteiger partial charge on any atom is -0.464 e. The molecule has 0 saturated heterocycles. The molecular formula is C15H18F3N5O. The van der Waals surface area contributed by atoms with Gasteiger partial charge in [0.05, 0.1) is 12.2 Å². The SMILES string of the molecule is CCOc1nc(Nc2cccc(C(F)(F)F)c2)nc(NC(C)C)n1. The van der Waals surface area contributed by atoms with Gasteiger partial charge in [0.15, 0.2) is 0 Å². The Morgan fingerprint density at radius 2 is 1.83 bits per heavy atom. The maximum Gasteiger partial charge on any atom is 0.416 e. The van der Waals surface area contributed by atoms with E-state index in [-0.39, 0.29) is 29.6 Å². The molecule has 24 heavy (non-hydrogen) atoms. The molecular weight excluding hydrogens is 323 g/mol. The third-order valence-electron chi connectivity index (χ3n) is 2.75. The van der Waals surface area contributed by atoms with Crippen LogP contribution in [0.3, 0.4) is 0 Å². The molecule has 2 N–H and O–H groups in total. The topological polar surface area (TPSA) is 72.0 Å². The van der Waals surface area contributed by atoms with Crippen molar-refractivity contribution >= 4 is 17.6 Å². The number of aromatic nitrogens is 3. The van der Waals surface area contributed by atoms with E-state index < -0.39 is 11.7 Å². The van der Waals surface area contributed by atoms with E-state index in [0.29, 0.717) is 6.61 Å². The molecule has 1 aromatic carbocycles. The molecule has 1 heterocycles. The lowest BCUT2D eigenvalue weighted by atomic mass is 10.2. The first-order valence-corrected chi connectivity index (χ1v) is 7.37. The minimum absolute atomic E-state index is 0.0725. The van der Waals surface area contributed by atoms with E-state index in [2.05, 4.69) is 25.6 Å². The first-order valence-electron chi connectivity index (χ1n) is 7.37. The monoisotopic (exact) mass is 341 g/mol. The summed E-state index contributed by atoms with van der Waals surface area (Å²) in [6.07, 6.45) is -4.42. The predicted molar refractivity (Wildman–Crippen MR) is 84.5 cm³/mol. The first-order chi connectivity index (χ1) is 11.3. The summed E-state index contributed by atoms with van der Waals surface area (Å²) in [5.74, 6) is 0.369. The molecule has 0 aliphatic carbocycles. The smallest absolute Gasteiger partial charge is 0.416 e. The molecule has 0 spiro atoms. The van der Waals surface area contributed by atoms with Crippen LogP contribution in [0.2, 0.25) is 0 Å². The maximum absolute atomic E-state index is 12.8. The standard InChI is InChI=1S/C15H18F3N5O/c1-4-24-14-22-12(19-9(2)3)21-13(23-14)20-11-7-5-6-10(8-11)15(16,17)18/h5-9H,4H2,1-3H3,(H2,19,20,21,22,23). The summed E-state index contributed by atoms with van der Waals surface area (Å²) < 4.78 is 43.6. The fourth-order valence-corrected chi connectivity index (χ4v) is 1.83. The van der Waals surface area contributed by atoms with Crippen LogP contribution in [0.25, 0.3) is 0 Å². The molecule has 1 aromatic heterocycles. The number of benzene rings is 1. The van der Waals surface area contributed by atoms with Crippen LogP contribution in [-0.4, -0.2) is 27.6 Å². The van der Waals surface area contributed by atoms with E-state index in [4.69, 9.17) is 4.74 Å². The van der Waals surface area contributed by atoms with E-state index in [0.717, 1.165) is 12.1 Å². The number of alkyl halides is 3. The van der Waals surface area contributed by atoms with Crippen LogP contribution in [0.4, 0.5) is 30.8 Å². The van der Waals surface area contributed by atoms with Crippen LogP contribution in [0, 0.1) is 0 Å². The van der Waals surface area contributed by atoms with Crippen LogP contribution in [0.15, 0.2) is 24.3 Å². The van der Waals surface area contributed by atoms with Gasteiger partial charge in [0.2, 0.25) is 11.9 Å². The third kappa shape index (κ3) is 4.97. The van der Waals surface area contributed by atoms with Gasteiger partial charge in [-0.2, -0.15) is 28.1 Å². The van der Waals surface area contributed by atoms with Gasteiger partial charge in [0.25, 0.3) is 0 Å². The van der Waals surface area contributed by atoms with Gasteiger partial charge in [-0.1, -0.05) is 6.07 Å². The van der Waals surface area contributed by atoms with Crippen molar-refractivity contribution in [3.63, 3.8) is 0 Å². The number of rotatable bonds is 6. The van der Waals surface area contributed by atoms with Crippen molar-refractivity contribution in [2.45, 2.75) is 33.0 Å². The Labute approximate surface area is 137 Å². The van der Waals surface area contributed by atoms with Gasteiger partial charge >= 0.3 is 12.2 Å². The van der Waals surface area contributed by atoms with Crippen molar-refractivity contribution < 1.29 is 17.9 Å². The largest absolute Gasteiger partial charge is 0.464 e. The highest BCUT2D eigenvalue weighted by molar-refractivity contribution is 5.55. The van der Waals surface area contributed by atoms with Gasteiger partial charge in [-0.05, 0) is 39.0 Å². The Kier molecular flexibility index (Phi) is 5.42. The fraction of sp³-hybridized carbons (Fsp3) is 0.400. The van der Waals surface area contributed by atoms with Crippen LogP contribution in [-0.2, 0) is 6.18 Å². The molecule has 0 atom stereocenters. The van der Waals surface area contributed by atoms with E-state index >= 15 is 0 Å². The predicted octanol–water partition coefficient (Wildman–Crippen LogP) is 3.85. The van der Waals surface area contributed by atoms with Gasteiger partial charge in [0.1, 0.15) is 0 Å². The van der Waals surface area contributed by atoms with Crippen molar-refractivity contribution in [2.75, 3.05) is 17.2 Å². The van der Waals surface area contributed by atoms with Crippen molar-refractivity contribution in [1.29, 1.82) is 0 Å². The number of hydrogen-bond acceptors (Lipinski definition) is 6. The second kappa shape index (κ2) is 7.33. The van der Waals surface area contributed by atoms with Crippen molar-refractivity contribution in [2.24, 2.45) is 0 Å². The molecule has 6 nitrogen and oxygen atoms in total. The number of hydrogen-bond donors (Lipinski definition) is 2. The van der Waals surface area contributed by atoms with Crippen molar-refractivity contribution in [3.05, 3.63) is 29.8 Å². The van der Waals surface area contributed by atoms with Crippen LogP contribution in [0.5, 0.6) is 6.01 Å². The zero-order chi connectivity index (χ0) is 17.7. The average molecular weight is 341 g/mol. The zero-order valence-corrected chi connectivity index (χ0v) is 13.5. The molecule has 0 aliphatic heterocycles. The van der Waals surface area contributed by atoms with Gasteiger partial charge in [0, 0.05) is 11.7 Å².